The van der Waals surface area contributed by atoms with Crippen molar-refractivity contribution in [3.8, 4) is 5.75 Å². The lowest BCUT2D eigenvalue weighted by molar-refractivity contribution is -0.116. The number of para-hydroxylation sites is 1. The molecule has 1 aromatic heterocycles. The second-order valence-corrected chi connectivity index (χ2v) is 6.84. The zero-order valence-corrected chi connectivity index (χ0v) is 15.6. The minimum absolute atomic E-state index is 0.0183. The van der Waals surface area contributed by atoms with Crippen molar-refractivity contribution in [3.63, 3.8) is 0 Å². The van der Waals surface area contributed by atoms with Gasteiger partial charge in [-0.25, -0.2) is 4.98 Å². The molecule has 0 saturated heterocycles. The Hall–Kier alpha value is -2.41. The number of carbonyl (C=O) groups is 2. The minimum Gasteiger partial charge on any atom is -0.496 e. The summed E-state index contributed by atoms with van der Waals surface area (Å²) in [5.74, 6) is 0.0371. The molecule has 134 valence electrons. The van der Waals surface area contributed by atoms with E-state index in [0.717, 1.165) is 17.7 Å². The molecule has 1 N–H and O–H groups in total. The first-order valence-electron chi connectivity index (χ1n) is 8.19. The number of aryl methyl sites for hydroxylation is 1. The number of methoxy groups -OCH3 is 1. The molecule has 0 aliphatic rings. The first-order valence-corrected chi connectivity index (χ1v) is 9.01. The van der Waals surface area contributed by atoms with Gasteiger partial charge in [0.05, 0.1) is 12.7 Å². The Balaban J connectivity index is 2.11. The van der Waals surface area contributed by atoms with Gasteiger partial charge in [-0.15, -0.1) is 11.3 Å². The topological polar surface area (TPSA) is 71.5 Å². The van der Waals surface area contributed by atoms with E-state index in [0.29, 0.717) is 23.0 Å². The number of carbonyl (C=O) groups excluding carboxylic acids is 2. The smallest absolute Gasteiger partial charge is 0.258 e. The lowest BCUT2D eigenvalue weighted by atomic mass is 10.1. The third kappa shape index (κ3) is 5.29. The van der Waals surface area contributed by atoms with Gasteiger partial charge in [-0.1, -0.05) is 25.5 Å². The highest BCUT2D eigenvalue weighted by molar-refractivity contribution is 7.15. The molecule has 0 fully saturated rings. The van der Waals surface area contributed by atoms with Crippen molar-refractivity contribution in [3.05, 3.63) is 40.9 Å². The van der Waals surface area contributed by atoms with Gasteiger partial charge < -0.3 is 15.0 Å². The highest BCUT2D eigenvalue weighted by atomic mass is 32.1. The van der Waals surface area contributed by atoms with Gasteiger partial charge in [-0.2, -0.15) is 0 Å². The number of hydrogen-bond acceptors (Lipinski definition) is 5. The van der Waals surface area contributed by atoms with Gasteiger partial charge in [0.25, 0.3) is 5.91 Å². The highest BCUT2D eigenvalue weighted by Crippen LogP contribution is 2.20. The quantitative estimate of drug-likeness (QED) is 0.783. The number of thiazole rings is 1. The van der Waals surface area contributed by atoms with Crippen LogP contribution in [0.15, 0.2) is 30.5 Å². The molecule has 0 aliphatic heterocycles. The van der Waals surface area contributed by atoms with Gasteiger partial charge >= 0.3 is 0 Å². The Morgan fingerprint density at radius 1 is 1.32 bits per heavy atom. The van der Waals surface area contributed by atoms with Crippen LogP contribution in [0, 0.1) is 6.92 Å². The number of hydrogen-bond donors (Lipinski definition) is 1. The van der Waals surface area contributed by atoms with Crippen LogP contribution in [0.1, 0.15) is 35.0 Å². The van der Waals surface area contributed by atoms with Crippen LogP contribution in [0.4, 0.5) is 5.13 Å². The van der Waals surface area contributed by atoms with E-state index in [-0.39, 0.29) is 18.4 Å². The molecule has 0 atom stereocenters. The van der Waals surface area contributed by atoms with Gasteiger partial charge in [-0.05, 0) is 25.5 Å². The monoisotopic (exact) mass is 361 g/mol. The van der Waals surface area contributed by atoms with E-state index in [1.165, 1.54) is 18.4 Å². The Bertz CT molecular complexity index is 730. The second kappa shape index (κ2) is 9.17. The molecule has 0 radical (unpaired) electrons. The first-order chi connectivity index (χ1) is 12.0. The maximum atomic E-state index is 12.9. The Morgan fingerprint density at radius 3 is 2.72 bits per heavy atom. The molecule has 0 unspecified atom stereocenters. The Labute approximate surface area is 151 Å². The zero-order chi connectivity index (χ0) is 18.2. The summed E-state index contributed by atoms with van der Waals surface area (Å²) in [7, 11) is 1.53. The largest absolute Gasteiger partial charge is 0.496 e. The van der Waals surface area contributed by atoms with Crippen LogP contribution in [0.5, 0.6) is 5.75 Å². The molecule has 7 heteroatoms. The third-order valence-electron chi connectivity index (χ3n) is 3.61. The molecule has 2 aromatic rings. The second-order valence-electron chi connectivity index (χ2n) is 5.60. The number of amides is 2. The average Bonchev–Trinajstić information content (AvgIpc) is 3.02. The predicted molar refractivity (Wildman–Crippen MR) is 99.3 cm³/mol. The van der Waals surface area contributed by atoms with Crippen molar-refractivity contribution in [1.29, 1.82) is 0 Å². The van der Waals surface area contributed by atoms with Crippen LogP contribution in [0.25, 0.3) is 0 Å². The van der Waals surface area contributed by atoms with E-state index in [4.69, 9.17) is 4.74 Å². The van der Waals surface area contributed by atoms with E-state index in [1.807, 2.05) is 19.9 Å². The lowest BCUT2D eigenvalue weighted by Gasteiger charge is -2.22. The van der Waals surface area contributed by atoms with Crippen molar-refractivity contribution in [1.82, 2.24) is 9.88 Å². The van der Waals surface area contributed by atoms with E-state index in [1.54, 1.807) is 29.3 Å². The fourth-order valence-corrected chi connectivity index (χ4v) is 3.02. The molecule has 1 aromatic carbocycles. The van der Waals surface area contributed by atoms with Gasteiger partial charge in [0.2, 0.25) is 5.91 Å². The van der Waals surface area contributed by atoms with E-state index in [2.05, 4.69) is 10.3 Å². The fourth-order valence-electron chi connectivity index (χ4n) is 2.34. The first kappa shape index (κ1) is 18.9. The summed E-state index contributed by atoms with van der Waals surface area (Å²) in [5.41, 5.74) is 0.457. The summed E-state index contributed by atoms with van der Waals surface area (Å²) in [6.45, 7) is 4.46. The normalized spacial score (nSPS) is 10.4. The summed E-state index contributed by atoms with van der Waals surface area (Å²) >= 11 is 1.41. The standard InChI is InChI=1S/C18H23N3O3S/c1-4-5-10-21(12-16(22)20-18-19-11-13(2)25-18)17(23)14-8-6-7-9-15(14)24-3/h6-9,11H,4-5,10,12H2,1-3H3,(H,19,20,22). The van der Waals surface area contributed by atoms with Gasteiger partial charge in [0.1, 0.15) is 12.3 Å². The molecule has 2 rings (SSSR count). The molecule has 0 spiro atoms. The summed E-state index contributed by atoms with van der Waals surface area (Å²) in [5, 5.41) is 3.29. The lowest BCUT2D eigenvalue weighted by Crippen LogP contribution is -2.38. The number of anilines is 1. The summed E-state index contributed by atoms with van der Waals surface area (Å²) in [6, 6.07) is 7.04. The minimum atomic E-state index is -0.256. The summed E-state index contributed by atoms with van der Waals surface area (Å²) < 4.78 is 5.27. The van der Waals surface area contributed by atoms with E-state index in [9.17, 15) is 9.59 Å². The van der Waals surface area contributed by atoms with Crippen molar-refractivity contribution in [2.24, 2.45) is 0 Å². The predicted octanol–water partition coefficient (Wildman–Crippen LogP) is 3.34. The number of ether oxygens (including phenoxy) is 1. The Kier molecular flexibility index (Phi) is 6.94. The van der Waals surface area contributed by atoms with Crippen LogP contribution in [0.3, 0.4) is 0 Å². The van der Waals surface area contributed by atoms with E-state index < -0.39 is 0 Å². The van der Waals surface area contributed by atoms with Crippen LogP contribution in [0.2, 0.25) is 0 Å². The number of rotatable bonds is 8. The van der Waals surface area contributed by atoms with Crippen LogP contribution in [-0.2, 0) is 4.79 Å². The van der Waals surface area contributed by atoms with Crippen molar-refractivity contribution in [2.45, 2.75) is 26.7 Å². The van der Waals surface area contributed by atoms with Crippen molar-refractivity contribution in [2.75, 3.05) is 25.5 Å². The van der Waals surface area contributed by atoms with Crippen molar-refractivity contribution >= 4 is 28.3 Å². The third-order valence-corrected chi connectivity index (χ3v) is 4.44. The number of nitrogens with zero attached hydrogens (tertiary/aromatic N) is 2. The Morgan fingerprint density at radius 2 is 2.08 bits per heavy atom. The molecule has 1 heterocycles. The SMILES string of the molecule is CCCCN(CC(=O)Nc1ncc(C)s1)C(=O)c1ccccc1OC. The summed E-state index contributed by atoms with van der Waals surface area (Å²) in [6.07, 6.45) is 3.46. The average molecular weight is 361 g/mol. The van der Waals surface area contributed by atoms with Gasteiger partial charge in [0.15, 0.2) is 5.13 Å². The van der Waals surface area contributed by atoms with Crippen molar-refractivity contribution < 1.29 is 14.3 Å². The number of aromatic nitrogens is 1. The van der Waals surface area contributed by atoms with Crippen LogP contribution >= 0.6 is 11.3 Å². The summed E-state index contributed by atoms with van der Waals surface area (Å²) in [4.78, 5) is 31.9. The number of unbranched alkanes of at least 4 members (excludes halogenated alkanes) is 1. The molecular weight excluding hydrogens is 338 g/mol. The van der Waals surface area contributed by atoms with Crippen LogP contribution in [-0.4, -0.2) is 41.9 Å². The molecule has 0 saturated carbocycles. The van der Waals surface area contributed by atoms with Crippen LogP contribution < -0.4 is 10.1 Å². The van der Waals surface area contributed by atoms with Gasteiger partial charge in [0, 0.05) is 17.6 Å². The van der Waals surface area contributed by atoms with E-state index >= 15 is 0 Å². The maximum Gasteiger partial charge on any atom is 0.258 e. The molecule has 0 bridgehead atoms. The fraction of sp³-hybridized carbons (Fsp3) is 0.389. The van der Waals surface area contributed by atoms with Gasteiger partial charge in [-0.3, -0.25) is 9.59 Å². The maximum absolute atomic E-state index is 12.9. The molecule has 0 aliphatic carbocycles. The molecular formula is C18H23N3O3S. The molecule has 25 heavy (non-hydrogen) atoms. The number of nitrogens with one attached hydrogen (secondary N) is 1. The molecule has 6 nitrogen and oxygen atoms in total. The zero-order valence-electron chi connectivity index (χ0n) is 14.7. The molecule has 2 amide bonds. The number of benzene rings is 1. The highest BCUT2D eigenvalue weighted by Gasteiger charge is 2.21.